The first-order valence-electron chi connectivity index (χ1n) is 5.30. The SMILES string of the molecule is Nc1cc(S(=O)(=O)NCc2cccnn2)ccc1F. The molecule has 0 saturated carbocycles. The normalized spacial score (nSPS) is 11.4. The number of anilines is 1. The van der Waals surface area contributed by atoms with E-state index in [0.29, 0.717) is 5.69 Å². The monoisotopic (exact) mass is 282 g/mol. The Morgan fingerprint density at radius 3 is 2.74 bits per heavy atom. The molecule has 0 bridgehead atoms. The van der Waals surface area contributed by atoms with Crippen LogP contribution in [0.4, 0.5) is 10.1 Å². The average Bonchev–Trinajstić information content (AvgIpc) is 2.41. The smallest absolute Gasteiger partial charge is 0.241 e. The van der Waals surface area contributed by atoms with Gasteiger partial charge < -0.3 is 5.73 Å². The fourth-order valence-electron chi connectivity index (χ4n) is 1.37. The number of aromatic nitrogens is 2. The minimum atomic E-state index is -3.76. The van der Waals surface area contributed by atoms with E-state index < -0.39 is 15.8 Å². The standard InChI is InChI=1S/C11H11FN4O2S/c12-10-4-3-9(6-11(10)13)19(17,18)15-7-8-2-1-5-14-16-8/h1-6,15H,7,13H2. The Morgan fingerprint density at radius 2 is 2.11 bits per heavy atom. The molecule has 1 aromatic carbocycles. The van der Waals surface area contributed by atoms with E-state index in [1.807, 2.05) is 0 Å². The zero-order chi connectivity index (χ0) is 13.9. The molecule has 0 aliphatic carbocycles. The molecule has 8 heteroatoms. The summed E-state index contributed by atoms with van der Waals surface area (Å²) in [4.78, 5) is -0.102. The second kappa shape index (κ2) is 5.29. The molecule has 2 rings (SSSR count). The number of nitrogens with zero attached hydrogens (tertiary/aromatic N) is 2. The van der Waals surface area contributed by atoms with E-state index in [9.17, 15) is 12.8 Å². The molecule has 1 aromatic heterocycles. The molecule has 0 aliphatic rings. The maximum Gasteiger partial charge on any atom is 0.241 e. The lowest BCUT2D eigenvalue weighted by Gasteiger charge is -2.07. The van der Waals surface area contributed by atoms with Gasteiger partial charge in [0, 0.05) is 6.20 Å². The number of hydrogen-bond donors (Lipinski definition) is 2. The van der Waals surface area contributed by atoms with Crippen molar-refractivity contribution in [2.75, 3.05) is 5.73 Å². The quantitative estimate of drug-likeness (QED) is 0.803. The van der Waals surface area contributed by atoms with Gasteiger partial charge in [-0.2, -0.15) is 10.2 Å². The molecule has 0 aliphatic heterocycles. The van der Waals surface area contributed by atoms with Gasteiger partial charge in [0.2, 0.25) is 10.0 Å². The highest BCUT2D eigenvalue weighted by Crippen LogP contribution is 2.16. The van der Waals surface area contributed by atoms with Gasteiger partial charge in [-0.3, -0.25) is 0 Å². The summed E-state index contributed by atoms with van der Waals surface area (Å²) in [6.07, 6.45) is 1.48. The van der Waals surface area contributed by atoms with Crippen molar-refractivity contribution in [3.05, 3.63) is 48.0 Å². The van der Waals surface area contributed by atoms with Gasteiger partial charge in [-0.15, -0.1) is 0 Å². The first-order valence-corrected chi connectivity index (χ1v) is 6.78. The molecule has 0 spiro atoms. The molecule has 0 atom stereocenters. The van der Waals surface area contributed by atoms with Gasteiger partial charge in [-0.1, -0.05) is 0 Å². The second-order valence-electron chi connectivity index (χ2n) is 3.72. The number of rotatable bonds is 4. The highest BCUT2D eigenvalue weighted by Gasteiger charge is 2.15. The van der Waals surface area contributed by atoms with E-state index in [-0.39, 0.29) is 17.1 Å². The third kappa shape index (κ3) is 3.24. The van der Waals surface area contributed by atoms with Gasteiger partial charge in [0.25, 0.3) is 0 Å². The van der Waals surface area contributed by atoms with Crippen LogP contribution in [0.25, 0.3) is 0 Å². The molecule has 100 valence electrons. The number of sulfonamides is 1. The van der Waals surface area contributed by atoms with Gasteiger partial charge in [0.05, 0.1) is 22.8 Å². The summed E-state index contributed by atoms with van der Waals surface area (Å²) in [5.74, 6) is -0.659. The Labute approximate surface area is 109 Å². The van der Waals surface area contributed by atoms with E-state index in [2.05, 4.69) is 14.9 Å². The van der Waals surface area contributed by atoms with E-state index >= 15 is 0 Å². The van der Waals surface area contributed by atoms with Gasteiger partial charge in [-0.25, -0.2) is 17.5 Å². The van der Waals surface area contributed by atoms with Crippen LogP contribution in [0.1, 0.15) is 5.69 Å². The summed E-state index contributed by atoms with van der Waals surface area (Å²) < 4.78 is 39.2. The van der Waals surface area contributed by atoms with Crippen molar-refractivity contribution in [1.82, 2.24) is 14.9 Å². The van der Waals surface area contributed by atoms with Crippen molar-refractivity contribution in [2.24, 2.45) is 0 Å². The first-order chi connectivity index (χ1) is 8.99. The fourth-order valence-corrected chi connectivity index (χ4v) is 2.40. The maximum absolute atomic E-state index is 13.0. The summed E-state index contributed by atoms with van der Waals surface area (Å²) in [5.41, 5.74) is 5.59. The zero-order valence-electron chi connectivity index (χ0n) is 9.75. The van der Waals surface area contributed by atoms with Gasteiger partial charge in [-0.05, 0) is 30.3 Å². The Hall–Kier alpha value is -2.06. The van der Waals surface area contributed by atoms with Crippen molar-refractivity contribution < 1.29 is 12.8 Å². The number of benzene rings is 1. The van der Waals surface area contributed by atoms with Crippen LogP contribution in [0.3, 0.4) is 0 Å². The summed E-state index contributed by atoms with van der Waals surface area (Å²) in [6, 6.07) is 6.49. The Kier molecular flexibility index (Phi) is 3.72. The molecule has 0 amide bonds. The van der Waals surface area contributed by atoms with Crippen LogP contribution in [0.2, 0.25) is 0 Å². The average molecular weight is 282 g/mol. The fraction of sp³-hybridized carbons (Fsp3) is 0.0909. The minimum absolute atomic E-state index is 0.00649. The van der Waals surface area contributed by atoms with Crippen LogP contribution < -0.4 is 10.5 Å². The minimum Gasteiger partial charge on any atom is -0.396 e. The molecule has 0 saturated heterocycles. The maximum atomic E-state index is 13.0. The van der Waals surface area contributed by atoms with Gasteiger partial charge in [0.15, 0.2) is 0 Å². The zero-order valence-corrected chi connectivity index (χ0v) is 10.6. The van der Waals surface area contributed by atoms with Crippen molar-refractivity contribution in [3.63, 3.8) is 0 Å². The first kappa shape index (κ1) is 13.4. The summed E-state index contributed by atoms with van der Waals surface area (Å²) in [6.45, 7) is -0.00649. The van der Waals surface area contributed by atoms with Crippen molar-refractivity contribution >= 4 is 15.7 Å². The number of nitrogens with one attached hydrogen (secondary N) is 1. The van der Waals surface area contributed by atoms with E-state index in [1.165, 1.54) is 6.20 Å². The molecule has 0 fully saturated rings. The lowest BCUT2D eigenvalue weighted by atomic mass is 10.3. The summed E-state index contributed by atoms with van der Waals surface area (Å²) >= 11 is 0. The van der Waals surface area contributed by atoms with E-state index in [4.69, 9.17) is 5.73 Å². The molecule has 0 unspecified atom stereocenters. The topological polar surface area (TPSA) is 98.0 Å². The highest BCUT2D eigenvalue weighted by atomic mass is 32.2. The largest absolute Gasteiger partial charge is 0.396 e. The molecule has 3 N–H and O–H groups in total. The van der Waals surface area contributed by atoms with Crippen molar-refractivity contribution in [1.29, 1.82) is 0 Å². The molecule has 19 heavy (non-hydrogen) atoms. The highest BCUT2D eigenvalue weighted by molar-refractivity contribution is 7.89. The van der Waals surface area contributed by atoms with Crippen LogP contribution in [-0.2, 0) is 16.6 Å². The summed E-state index contributed by atoms with van der Waals surface area (Å²) in [5, 5.41) is 7.37. The van der Waals surface area contributed by atoms with Gasteiger partial charge in [0.1, 0.15) is 5.82 Å². The van der Waals surface area contributed by atoms with Crippen LogP contribution in [0, 0.1) is 5.82 Å². The molecule has 6 nitrogen and oxygen atoms in total. The van der Waals surface area contributed by atoms with Gasteiger partial charge >= 0.3 is 0 Å². The lowest BCUT2D eigenvalue weighted by molar-refractivity contribution is 0.579. The number of nitrogens with two attached hydrogens (primary N) is 1. The number of hydrogen-bond acceptors (Lipinski definition) is 5. The van der Waals surface area contributed by atoms with Crippen molar-refractivity contribution in [3.8, 4) is 0 Å². The number of halogens is 1. The molecule has 1 heterocycles. The molecule has 2 aromatic rings. The predicted octanol–water partition coefficient (Wildman–Crippen LogP) is 0.676. The second-order valence-corrected chi connectivity index (χ2v) is 5.49. The van der Waals surface area contributed by atoms with Crippen LogP contribution in [-0.4, -0.2) is 18.6 Å². The van der Waals surface area contributed by atoms with Crippen LogP contribution in [0.15, 0.2) is 41.4 Å². The Bertz CT molecular complexity index is 676. The van der Waals surface area contributed by atoms with Crippen LogP contribution >= 0.6 is 0 Å². The molecule has 0 radical (unpaired) electrons. The van der Waals surface area contributed by atoms with E-state index in [0.717, 1.165) is 18.2 Å². The number of nitrogen functional groups attached to an aromatic ring is 1. The van der Waals surface area contributed by atoms with E-state index in [1.54, 1.807) is 12.1 Å². The molecular formula is C11H11FN4O2S. The summed E-state index contributed by atoms with van der Waals surface area (Å²) in [7, 11) is -3.76. The molecular weight excluding hydrogens is 271 g/mol. The lowest BCUT2D eigenvalue weighted by Crippen LogP contribution is -2.24. The third-order valence-electron chi connectivity index (χ3n) is 2.35. The predicted molar refractivity (Wildman–Crippen MR) is 66.9 cm³/mol. The Morgan fingerprint density at radius 1 is 1.32 bits per heavy atom. The van der Waals surface area contributed by atoms with Crippen LogP contribution in [0.5, 0.6) is 0 Å². The third-order valence-corrected chi connectivity index (χ3v) is 3.75. The van der Waals surface area contributed by atoms with Crippen molar-refractivity contribution in [2.45, 2.75) is 11.4 Å². The Balaban J connectivity index is 2.16.